The highest BCUT2D eigenvalue weighted by molar-refractivity contribution is 7.47. The van der Waals surface area contributed by atoms with Crippen molar-refractivity contribution in [3.05, 3.63) is 0 Å². The monoisotopic (exact) mass is 1470 g/mol. The third kappa shape index (κ3) is 74.3. The molecule has 0 saturated heterocycles. The number of aliphatic hydroxyl groups is 1. The van der Waals surface area contributed by atoms with Gasteiger partial charge in [-0.3, -0.25) is 37.3 Å². The molecule has 0 aromatic carbocycles. The van der Waals surface area contributed by atoms with Crippen LogP contribution in [0.4, 0.5) is 0 Å². The summed E-state index contributed by atoms with van der Waals surface area (Å²) in [5.74, 6) is -0.612. The lowest BCUT2D eigenvalue weighted by Gasteiger charge is -2.21. The van der Waals surface area contributed by atoms with Crippen LogP contribution in [0.3, 0.4) is 0 Å². The Kier molecular flexibility index (Phi) is 71.2. The largest absolute Gasteiger partial charge is 0.472 e. The smallest absolute Gasteiger partial charge is 0.462 e. The predicted octanol–water partition coefficient (Wildman–Crippen LogP) is 24.3. The minimum atomic E-state index is -4.96. The summed E-state index contributed by atoms with van der Waals surface area (Å²) in [5.41, 5.74) is 0. The average molecular weight is 1470 g/mol. The summed E-state index contributed by atoms with van der Waals surface area (Å²) in [6.07, 6.45) is 62.5. The van der Waals surface area contributed by atoms with Crippen LogP contribution in [0.5, 0.6) is 0 Å². The first-order valence-corrected chi connectivity index (χ1v) is 45.0. The molecule has 2 unspecified atom stereocenters. The number of hydrogen-bond donors (Lipinski definition) is 3. The Labute approximate surface area is 613 Å². The van der Waals surface area contributed by atoms with Gasteiger partial charge >= 0.3 is 39.5 Å². The van der Waals surface area contributed by atoms with Gasteiger partial charge in [0.25, 0.3) is 0 Å². The van der Waals surface area contributed by atoms with E-state index in [4.69, 9.17) is 37.0 Å². The normalized spacial score (nSPS) is 13.9. The molecule has 19 heteroatoms. The van der Waals surface area contributed by atoms with Gasteiger partial charge in [0.2, 0.25) is 0 Å². The van der Waals surface area contributed by atoms with Gasteiger partial charge in [0.05, 0.1) is 26.4 Å². The van der Waals surface area contributed by atoms with Crippen molar-refractivity contribution in [2.24, 2.45) is 11.8 Å². The number of esters is 4. The molecule has 0 heterocycles. The molecular formula is C81H158O17P2. The van der Waals surface area contributed by atoms with Crippen molar-refractivity contribution in [3.8, 4) is 0 Å². The van der Waals surface area contributed by atoms with Crippen molar-refractivity contribution >= 4 is 39.5 Å². The fourth-order valence-corrected chi connectivity index (χ4v) is 14.1. The maximum absolute atomic E-state index is 13.1. The second-order valence-electron chi connectivity index (χ2n) is 30.1. The van der Waals surface area contributed by atoms with Crippen LogP contribution in [0.15, 0.2) is 0 Å². The van der Waals surface area contributed by atoms with E-state index < -0.39 is 97.5 Å². The van der Waals surface area contributed by atoms with Crippen LogP contribution in [0, 0.1) is 11.8 Å². The standard InChI is InChI=1S/C81H158O17P2/c1-7-9-11-13-15-17-19-21-23-24-25-26-28-32-37-41-47-54-60-66-80(85)97-76(69-91-78(83)63-57-51-45-39-35-33-29-30-34-38-43-49-55-61-73(3)4)71-95-99(87,88)93-67-75(82)68-94-100(89,90)96-72-77(70-92-79(84)64-58-52-48-42-44-50-56-62-74(5)6)98-81(86)65-59-53-46-40-36-31-27-22-20-18-16-14-12-10-8-2/h73-77,82H,7-72H2,1-6H3,(H,87,88)(H,89,90)/t75-,76-,77-/m1/s1. The first kappa shape index (κ1) is 98.1. The molecule has 0 aromatic heterocycles. The van der Waals surface area contributed by atoms with Gasteiger partial charge < -0.3 is 33.8 Å². The molecule has 5 atom stereocenters. The van der Waals surface area contributed by atoms with Crippen molar-refractivity contribution in [3.63, 3.8) is 0 Å². The minimum absolute atomic E-state index is 0.108. The summed E-state index contributed by atoms with van der Waals surface area (Å²) < 4.78 is 68.7. The van der Waals surface area contributed by atoms with E-state index in [1.165, 1.54) is 238 Å². The molecule has 594 valence electrons. The van der Waals surface area contributed by atoms with E-state index >= 15 is 0 Å². The molecule has 0 bridgehead atoms. The van der Waals surface area contributed by atoms with E-state index in [1.54, 1.807) is 0 Å². The lowest BCUT2D eigenvalue weighted by Crippen LogP contribution is -2.30. The zero-order chi connectivity index (χ0) is 73.5. The molecule has 0 fully saturated rings. The molecule has 3 N–H and O–H groups in total. The van der Waals surface area contributed by atoms with Crippen molar-refractivity contribution in [1.82, 2.24) is 0 Å². The number of carbonyl (C=O) groups is 4. The fourth-order valence-electron chi connectivity index (χ4n) is 12.5. The fraction of sp³-hybridized carbons (Fsp3) is 0.951. The van der Waals surface area contributed by atoms with Crippen molar-refractivity contribution in [2.75, 3.05) is 39.6 Å². The Balaban J connectivity index is 5.24. The number of carbonyl (C=O) groups excluding carboxylic acids is 4. The first-order valence-electron chi connectivity index (χ1n) is 42.0. The summed E-state index contributed by atoms with van der Waals surface area (Å²) in [7, 11) is -9.92. The highest BCUT2D eigenvalue weighted by Gasteiger charge is 2.30. The first-order chi connectivity index (χ1) is 48.4. The SMILES string of the molecule is CCCCCCCCCCCCCCCCCCCCCC(=O)O[C@H](COC(=O)CCCCCCCCCCCCCCCC(C)C)COP(=O)(O)OC[C@@H](O)COP(=O)(O)OC[C@@H](COC(=O)CCCCCCCCCC(C)C)OC(=O)CCCCCCCCCCCCCCCCC. The highest BCUT2D eigenvalue weighted by atomic mass is 31.2. The second-order valence-corrected chi connectivity index (χ2v) is 33.0. The van der Waals surface area contributed by atoms with E-state index in [9.17, 15) is 43.2 Å². The Morgan fingerprint density at radius 1 is 0.270 bits per heavy atom. The van der Waals surface area contributed by atoms with Crippen LogP contribution in [0.2, 0.25) is 0 Å². The second kappa shape index (κ2) is 72.6. The molecule has 0 spiro atoms. The maximum Gasteiger partial charge on any atom is 0.472 e. The molecule has 0 aromatic rings. The summed E-state index contributed by atoms with van der Waals surface area (Å²) >= 11 is 0. The molecule has 0 saturated carbocycles. The van der Waals surface area contributed by atoms with Gasteiger partial charge in [-0.15, -0.1) is 0 Å². The van der Waals surface area contributed by atoms with Gasteiger partial charge in [-0.1, -0.05) is 375 Å². The molecule has 0 aliphatic rings. The summed E-state index contributed by atoms with van der Waals surface area (Å²) in [6.45, 7) is 9.60. The molecule has 0 amide bonds. The van der Waals surface area contributed by atoms with Gasteiger partial charge in [-0.25, -0.2) is 9.13 Å². The number of ether oxygens (including phenoxy) is 4. The highest BCUT2D eigenvalue weighted by Crippen LogP contribution is 2.45. The summed E-state index contributed by atoms with van der Waals surface area (Å²) in [6, 6.07) is 0. The van der Waals surface area contributed by atoms with Crippen LogP contribution in [0.1, 0.15) is 427 Å². The average Bonchev–Trinajstić information content (AvgIpc) is 0.997. The summed E-state index contributed by atoms with van der Waals surface area (Å²) in [4.78, 5) is 73.0. The van der Waals surface area contributed by atoms with Crippen molar-refractivity contribution in [1.29, 1.82) is 0 Å². The predicted molar refractivity (Wildman–Crippen MR) is 409 cm³/mol. The summed E-state index contributed by atoms with van der Waals surface area (Å²) in [5, 5.41) is 10.6. The van der Waals surface area contributed by atoms with Crippen LogP contribution in [-0.2, 0) is 65.4 Å². The Morgan fingerprint density at radius 3 is 0.680 bits per heavy atom. The lowest BCUT2D eigenvalue weighted by molar-refractivity contribution is -0.161. The van der Waals surface area contributed by atoms with Crippen molar-refractivity contribution in [2.45, 2.75) is 445 Å². The van der Waals surface area contributed by atoms with E-state index in [2.05, 4.69) is 41.5 Å². The molecule has 0 aliphatic heterocycles. The quantitative estimate of drug-likeness (QED) is 0.0222. The zero-order valence-corrected chi connectivity index (χ0v) is 67.3. The third-order valence-corrected chi connectivity index (χ3v) is 20.9. The van der Waals surface area contributed by atoms with Crippen LogP contribution >= 0.6 is 15.6 Å². The van der Waals surface area contributed by atoms with Gasteiger partial charge in [-0.2, -0.15) is 0 Å². The Bertz CT molecular complexity index is 1920. The molecule has 100 heavy (non-hydrogen) atoms. The van der Waals surface area contributed by atoms with Gasteiger partial charge in [0.1, 0.15) is 19.3 Å². The number of rotatable bonds is 80. The topological polar surface area (TPSA) is 237 Å². The van der Waals surface area contributed by atoms with E-state index in [1.807, 2.05) is 0 Å². The van der Waals surface area contributed by atoms with Crippen LogP contribution in [0.25, 0.3) is 0 Å². The Morgan fingerprint density at radius 2 is 0.460 bits per heavy atom. The number of aliphatic hydroxyl groups excluding tert-OH is 1. The van der Waals surface area contributed by atoms with E-state index in [0.29, 0.717) is 31.6 Å². The molecule has 0 rings (SSSR count). The van der Waals surface area contributed by atoms with Gasteiger partial charge in [-0.05, 0) is 37.5 Å². The molecule has 0 radical (unpaired) electrons. The number of phosphoric acid groups is 2. The maximum atomic E-state index is 13.1. The number of phosphoric ester groups is 2. The molecule has 0 aliphatic carbocycles. The zero-order valence-electron chi connectivity index (χ0n) is 65.5. The van der Waals surface area contributed by atoms with E-state index in [0.717, 1.165) is 102 Å². The third-order valence-electron chi connectivity index (χ3n) is 19.0. The Hall–Kier alpha value is -1.94. The lowest BCUT2D eigenvalue weighted by atomic mass is 10.0. The number of hydrogen-bond acceptors (Lipinski definition) is 15. The van der Waals surface area contributed by atoms with Crippen LogP contribution in [-0.4, -0.2) is 96.7 Å². The van der Waals surface area contributed by atoms with Crippen LogP contribution < -0.4 is 0 Å². The van der Waals surface area contributed by atoms with Gasteiger partial charge in [0, 0.05) is 25.7 Å². The van der Waals surface area contributed by atoms with Gasteiger partial charge in [0.15, 0.2) is 12.2 Å². The molecule has 17 nitrogen and oxygen atoms in total. The number of unbranched alkanes of at least 4 members (excludes halogenated alkanes) is 50. The van der Waals surface area contributed by atoms with E-state index in [-0.39, 0.29) is 25.7 Å². The van der Waals surface area contributed by atoms with Crippen molar-refractivity contribution < 1.29 is 80.2 Å². The minimum Gasteiger partial charge on any atom is -0.462 e. The molecular weight excluding hydrogens is 1310 g/mol.